The Hall–Kier alpha value is -2.90. The van der Waals surface area contributed by atoms with Gasteiger partial charge in [0.25, 0.3) is 5.91 Å². The molecule has 0 unspecified atom stereocenters. The van der Waals surface area contributed by atoms with Crippen molar-refractivity contribution in [3.63, 3.8) is 0 Å². The first-order valence-corrected chi connectivity index (χ1v) is 10.3. The van der Waals surface area contributed by atoms with E-state index in [9.17, 15) is 14.9 Å². The number of amides is 1. The van der Waals surface area contributed by atoms with Crippen LogP contribution in [-0.4, -0.2) is 26.7 Å². The van der Waals surface area contributed by atoms with Gasteiger partial charge in [-0.15, -0.1) is 0 Å². The van der Waals surface area contributed by atoms with Crippen LogP contribution in [0.5, 0.6) is 5.75 Å². The van der Waals surface area contributed by atoms with Crippen molar-refractivity contribution in [3.8, 4) is 5.75 Å². The Labute approximate surface area is 168 Å². The summed E-state index contributed by atoms with van der Waals surface area (Å²) in [5, 5.41) is 18.6. The lowest BCUT2D eigenvalue weighted by molar-refractivity contribution is -0.386. The third kappa shape index (κ3) is 3.47. The zero-order chi connectivity index (χ0) is 20.0. The lowest BCUT2D eigenvalue weighted by Gasteiger charge is -2.54. The van der Waals surface area contributed by atoms with Gasteiger partial charge in [-0.05, 0) is 67.9 Å². The average molecular weight is 396 g/mol. The van der Waals surface area contributed by atoms with E-state index in [2.05, 4.69) is 10.4 Å². The van der Waals surface area contributed by atoms with E-state index in [0.29, 0.717) is 17.5 Å². The summed E-state index contributed by atoms with van der Waals surface area (Å²) in [6.45, 7) is -0.00380. The second-order valence-electron chi connectivity index (χ2n) is 8.67. The van der Waals surface area contributed by atoms with E-state index in [1.807, 2.05) is 0 Å². The second-order valence-corrected chi connectivity index (χ2v) is 8.67. The molecule has 2 aromatic rings. The number of nitrogens with zero attached hydrogens (tertiary/aromatic N) is 3. The quantitative estimate of drug-likeness (QED) is 0.596. The number of hydrogen-bond acceptors (Lipinski definition) is 5. The van der Waals surface area contributed by atoms with E-state index in [4.69, 9.17) is 4.74 Å². The summed E-state index contributed by atoms with van der Waals surface area (Å²) in [7, 11) is 0. The van der Waals surface area contributed by atoms with Crippen molar-refractivity contribution < 1.29 is 14.5 Å². The second kappa shape index (κ2) is 7.17. The lowest BCUT2D eigenvalue weighted by Crippen LogP contribution is -2.55. The minimum Gasteiger partial charge on any atom is -0.464 e. The average Bonchev–Trinajstić information content (AvgIpc) is 3.18. The highest BCUT2D eigenvalue weighted by Crippen LogP contribution is 2.53. The number of carbonyl (C=O) groups excluding carboxylic acids is 1. The van der Waals surface area contributed by atoms with Gasteiger partial charge in [0.15, 0.2) is 12.5 Å². The summed E-state index contributed by atoms with van der Waals surface area (Å²) in [6.07, 6.45) is 8.02. The number of nitrogens with one attached hydrogen (secondary N) is 1. The fraction of sp³-hybridized carbons (Fsp3) is 0.524. The molecule has 0 aliphatic heterocycles. The zero-order valence-corrected chi connectivity index (χ0v) is 16.1. The van der Waals surface area contributed by atoms with E-state index in [-0.39, 0.29) is 30.1 Å². The molecule has 4 saturated carbocycles. The highest BCUT2D eigenvalue weighted by molar-refractivity contribution is 5.92. The maximum absolute atomic E-state index is 12.8. The zero-order valence-electron chi connectivity index (χ0n) is 16.1. The van der Waals surface area contributed by atoms with Crippen LogP contribution in [0.15, 0.2) is 36.5 Å². The van der Waals surface area contributed by atoms with Gasteiger partial charge in [0.05, 0.1) is 4.92 Å². The molecule has 8 heteroatoms. The van der Waals surface area contributed by atoms with Gasteiger partial charge in [-0.3, -0.25) is 14.9 Å². The van der Waals surface area contributed by atoms with Crippen molar-refractivity contribution in [2.24, 2.45) is 23.7 Å². The number of aromatic nitrogens is 2. The van der Waals surface area contributed by atoms with Crippen molar-refractivity contribution in [2.45, 2.75) is 44.9 Å². The summed E-state index contributed by atoms with van der Waals surface area (Å²) in [5.74, 6) is 2.98. The van der Waals surface area contributed by atoms with Gasteiger partial charge >= 0.3 is 5.69 Å². The monoisotopic (exact) mass is 396 g/mol. The first-order valence-electron chi connectivity index (χ1n) is 10.3. The summed E-state index contributed by atoms with van der Waals surface area (Å²) in [4.78, 5) is 23.3. The molecule has 4 bridgehead atoms. The molecule has 152 valence electrons. The molecule has 1 heterocycles. The van der Waals surface area contributed by atoms with E-state index < -0.39 is 4.92 Å². The van der Waals surface area contributed by atoms with Crippen LogP contribution in [-0.2, 0) is 6.73 Å². The van der Waals surface area contributed by atoms with Gasteiger partial charge in [0, 0.05) is 18.3 Å². The van der Waals surface area contributed by atoms with Crippen molar-refractivity contribution in [1.29, 1.82) is 0 Å². The smallest absolute Gasteiger partial charge is 0.311 e. The molecule has 0 spiro atoms. The first kappa shape index (κ1) is 18.1. The van der Waals surface area contributed by atoms with Crippen LogP contribution in [0.2, 0.25) is 0 Å². The standard InChI is InChI=1S/C21H24N4O4/c26-21(22-20-15-8-13-7-14(10-15)11-16(20)9-13)17-5-6-24(23-17)12-29-19-4-2-1-3-18(19)25(27)28/h1-6,13-16,20H,7-12H2,(H,22,26). The van der Waals surface area contributed by atoms with Crippen molar-refractivity contribution in [1.82, 2.24) is 15.1 Å². The molecule has 0 saturated heterocycles. The third-order valence-corrected chi connectivity index (χ3v) is 6.81. The van der Waals surface area contributed by atoms with Crippen LogP contribution in [0.3, 0.4) is 0 Å². The summed E-state index contributed by atoms with van der Waals surface area (Å²) in [6, 6.07) is 8.13. The fourth-order valence-corrected chi connectivity index (χ4v) is 5.81. The van der Waals surface area contributed by atoms with Gasteiger partial charge in [0.2, 0.25) is 0 Å². The molecule has 1 aromatic heterocycles. The maximum atomic E-state index is 12.8. The Morgan fingerprint density at radius 2 is 1.83 bits per heavy atom. The Bertz CT molecular complexity index is 912. The number of carbonyl (C=O) groups is 1. The van der Waals surface area contributed by atoms with E-state index in [0.717, 1.165) is 11.8 Å². The molecule has 0 radical (unpaired) electrons. The van der Waals surface area contributed by atoms with Crippen LogP contribution >= 0.6 is 0 Å². The summed E-state index contributed by atoms with van der Waals surface area (Å²) >= 11 is 0. The highest BCUT2D eigenvalue weighted by Gasteiger charge is 2.48. The van der Waals surface area contributed by atoms with Crippen molar-refractivity contribution in [3.05, 3.63) is 52.3 Å². The molecule has 6 rings (SSSR count). The minimum atomic E-state index is -0.484. The van der Waals surface area contributed by atoms with Gasteiger partial charge in [-0.25, -0.2) is 4.68 Å². The third-order valence-electron chi connectivity index (χ3n) is 6.81. The Balaban J connectivity index is 1.21. The Morgan fingerprint density at radius 3 is 2.52 bits per heavy atom. The largest absolute Gasteiger partial charge is 0.464 e. The molecule has 4 aliphatic rings. The van der Waals surface area contributed by atoms with Crippen molar-refractivity contribution >= 4 is 11.6 Å². The number of benzene rings is 1. The van der Waals surface area contributed by atoms with E-state index in [1.165, 1.54) is 42.9 Å². The van der Waals surface area contributed by atoms with Gasteiger partial charge in [-0.2, -0.15) is 5.10 Å². The number of nitro benzene ring substituents is 1. The van der Waals surface area contributed by atoms with E-state index >= 15 is 0 Å². The number of rotatable bonds is 6. The molecule has 1 aromatic carbocycles. The first-order chi connectivity index (χ1) is 14.1. The minimum absolute atomic E-state index is 0.00380. The molecule has 0 atom stereocenters. The SMILES string of the molecule is O=C(NC1C2CC3CC(C2)CC1C3)c1ccn(COc2ccccc2[N+](=O)[O-])n1. The molecule has 4 fully saturated rings. The van der Waals surface area contributed by atoms with Crippen molar-refractivity contribution in [2.75, 3.05) is 0 Å². The summed E-state index contributed by atoms with van der Waals surface area (Å²) < 4.78 is 7.01. The number of nitro groups is 1. The normalized spacial score (nSPS) is 29.6. The molecular weight excluding hydrogens is 372 g/mol. The highest BCUT2D eigenvalue weighted by atomic mass is 16.6. The van der Waals surface area contributed by atoms with Crippen LogP contribution in [0.25, 0.3) is 0 Å². The van der Waals surface area contributed by atoms with Crippen LogP contribution < -0.4 is 10.1 Å². The topological polar surface area (TPSA) is 99.3 Å². The summed E-state index contributed by atoms with van der Waals surface area (Å²) in [5.41, 5.74) is 0.254. The molecule has 4 aliphatic carbocycles. The maximum Gasteiger partial charge on any atom is 0.311 e. The lowest BCUT2D eigenvalue weighted by atomic mass is 9.54. The predicted octanol–water partition coefficient (Wildman–Crippen LogP) is 3.38. The molecule has 1 N–H and O–H groups in total. The molecule has 8 nitrogen and oxygen atoms in total. The Morgan fingerprint density at radius 1 is 1.14 bits per heavy atom. The van der Waals surface area contributed by atoms with E-state index in [1.54, 1.807) is 30.5 Å². The van der Waals surface area contributed by atoms with Crippen LogP contribution in [0, 0.1) is 33.8 Å². The predicted molar refractivity (Wildman–Crippen MR) is 104 cm³/mol. The number of para-hydroxylation sites is 2. The van der Waals surface area contributed by atoms with Gasteiger partial charge in [0.1, 0.15) is 5.69 Å². The number of hydrogen-bond donors (Lipinski definition) is 1. The number of ether oxygens (including phenoxy) is 1. The van der Waals surface area contributed by atoms with Gasteiger partial charge < -0.3 is 10.1 Å². The fourth-order valence-electron chi connectivity index (χ4n) is 5.81. The van der Waals surface area contributed by atoms with Crippen LogP contribution in [0.1, 0.15) is 42.6 Å². The van der Waals surface area contributed by atoms with Crippen LogP contribution in [0.4, 0.5) is 5.69 Å². The Kier molecular flexibility index (Phi) is 4.49. The molecule has 29 heavy (non-hydrogen) atoms. The van der Waals surface area contributed by atoms with Gasteiger partial charge in [-0.1, -0.05) is 12.1 Å². The molecular formula is C21H24N4O4. The molecule has 1 amide bonds.